The first-order valence-electron chi connectivity index (χ1n) is 8.14. The number of nitro benzene ring substituents is 1. The van der Waals surface area contributed by atoms with E-state index in [1.807, 2.05) is 18.2 Å². The van der Waals surface area contributed by atoms with Crippen molar-refractivity contribution in [2.75, 3.05) is 12.4 Å². The average Bonchev–Trinajstić information content (AvgIpc) is 3.09. The molecule has 2 aliphatic rings. The summed E-state index contributed by atoms with van der Waals surface area (Å²) in [5.41, 5.74) is 2.19. The lowest BCUT2D eigenvalue weighted by Crippen LogP contribution is -2.30. The van der Waals surface area contributed by atoms with Crippen molar-refractivity contribution in [1.82, 2.24) is 0 Å². The Morgan fingerprint density at radius 1 is 1.32 bits per heavy atom. The van der Waals surface area contributed by atoms with Crippen molar-refractivity contribution in [2.24, 2.45) is 5.92 Å². The highest BCUT2D eigenvalue weighted by molar-refractivity contribution is 5.73. The number of allylic oxidation sites excluding steroid dienone is 2. The van der Waals surface area contributed by atoms with Crippen molar-refractivity contribution < 1.29 is 14.1 Å². The maximum Gasteiger partial charge on any atom is 0.275 e. The minimum absolute atomic E-state index is 0.0857. The summed E-state index contributed by atoms with van der Waals surface area (Å²) in [5, 5.41) is 14.9. The normalized spacial score (nSPS) is 23.5. The van der Waals surface area contributed by atoms with Crippen LogP contribution < -0.4 is 10.1 Å². The Labute approximate surface area is 144 Å². The third-order valence-corrected chi connectivity index (χ3v) is 5.08. The van der Waals surface area contributed by atoms with Crippen LogP contribution >= 0.6 is 0 Å². The highest BCUT2D eigenvalue weighted by Crippen LogP contribution is 2.54. The molecule has 6 heteroatoms. The van der Waals surface area contributed by atoms with Crippen molar-refractivity contribution in [3.05, 3.63) is 75.6 Å². The number of nitro groups is 1. The van der Waals surface area contributed by atoms with Gasteiger partial charge in [0.15, 0.2) is 0 Å². The summed E-state index contributed by atoms with van der Waals surface area (Å²) in [6, 6.07) is 9.45. The Hall–Kier alpha value is -2.89. The molecule has 2 aromatic carbocycles. The van der Waals surface area contributed by atoms with Crippen molar-refractivity contribution in [3.63, 3.8) is 0 Å². The third kappa shape index (κ3) is 2.45. The van der Waals surface area contributed by atoms with Gasteiger partial charge in [-0.3, -0.25) is 10.1 Å². The molecule has 0 bridgehead atoms. The molecule has 0 saturated carbocycles. The molecule has 0 unspecified atom stereocenters. The Bertz CT molecular complexity index is 881. The molecule has 4 rings (SSSR count). The van der Waals surface area contributed by atoms with E-state index in [0.717, 1.165) is 12.0 Å². The second kappa shape index (κ2) is 5.88. The van der Waals surface area contributed by atoms with E-state index >= 15 is 0 Å². The van der Waals surface area contributed by atoms with Gasteiger partial charge in [-0.05, 0) is 36.1 Å². The van der Waals surface area contributed by atoms with Gasteiger partial charge in [-0.2, -0.15) is 0 Å². The number of fused-ring (bicyclic) bond motifs is 3. The Balaban J connectivity index is 1.89. The molecule has 1 aliphatic carbocycles. The number of halogens is 1. The molecule has 128 valence electrons. The van der Waals surface area contributed by atoms with Gasteiger partial charge in [0.05, 0.1) is 29.3 Å². The van der Waals surface area contributed by atoms with Crippen LogP contribution in [0.25, 0.3) is 0 Å². The van der Waals surface area contributed by atoms with Crippen molar-refractivity contribution >= 4 is 11.4 Å². The average molecular weight is 340 g/mol. The second-order valence-electron chi connectivity index (χ2n) is 6.36. The van der Waals surface area contributed by atoms with E-state index in [1.54, 1.807) is 12.1 Å². The first kappa shape index (κ1) is 15.6. The van der Waals surface area contributed by atoms with Gasteiger partial charge >= 0.3 is 0 Å². The Morgan fingerprint density at radius 3 is 2.88 bits per heavy atom. The summed E-state index contributed by atoms with van der Waals surface area (Å²) in [4.78, 5) is 11.2. The zero-order valence-corrected chi connectivity index (χ0v) is 13.6. The van der Waals surface area contributed by atoms with Crippen LogP contribution in [0, 0.1) is 21.8 Å². The van der Waals surface area contributed by atoms with Crippen molar-refractivity contribution in [2.45, 2.75) is 18.4 Å². The second-order valence-corrected chi connectivity index (χ2v) is 6.36. The molecule has 5 nitrogen and oxygen atoms in total. The van der Waals surface area contributed by atoms with Crippen LogP contribution in [0.1, 0.15) is 29.5 Å². The Kier molecular flexibility index (Phi) is 3.67. The molecule has 1 aliphatic heterocycles. The Morgan fingerprint density at radius 2 is 2.16 bits per heavy atom. The van der Waals surface area contributed by atoms with E-state index in [4.69, 9.17) is 4.74 Å². The molecule has 0 aromatic heterocycles. The molecule has 3 atom stereocenters. The quantitative estimate of drug-likeness (QED) is 0.505. The summed E-state index contributed by atoms with van der Waals surface area (Å²) in [5.74, 6) is 0.263. The molecule has 0 spiro atoms. The molecule has 1 N–H and O–H groups in total. The highest BCUT2D eigenvalue weighted by Gasteiger charge is 2.42. The van der Waals surface area contributed by atoms with E-state index in [-0.39, 0.29) is 34.3 Å². The number of methoxy groups -OCH3 is 1. The van der Waals surface area contributed by atoms with E-state index in [0.29, 0.717) is 17.0 Å². The minimum atomic E-state index is -0.355. The molecular formula is C19H17FN2O3. The number of hydrogen-bond acceptors (Lipinski definition) is 4. The molecular weight excluding hydrogens is 323 g/mol. The van der Waals surface area contributed by atoms with Gasteiger partial charge in [-0.1, -0.05) is 24.3 Å². The first-order chi connectivity index (χ1) is 12.1. The van der Waals surface area contributed by atoms with Gasteiger partial charge in [0.2, 0.25) is 0 Å². The van der Waals surface area contributed by atoms with E-state index in [2.05, 4.69) is 5.32 Å². The van der Waals surface area contributed by atoms with Gasteiger partial charge in [-0.15, -0.1) is 0 Å². The van der Waals surface area contributed by atoms with Crippen LogP contribution in [-0.4, -0.2) is 12.0 Å². The van der Waals surface area contributed by atoms with Crippen LogP contribution in [0.3, 0.4) is 0 Å². The summed E-state index contributed by atoms with van der Waals surface area (Å²) >= 11 is 0. The lowest BCUT2D eigenvalue weighted by molar-refractivity contribution is -0.385. The van der Waals surface area contributed by atoms with E-state index in [1.165, 1.54) is 25.3 Å². The fraction of sp³-hybridized carbons (Fsp3) is 0.263. The molecule has 0 saturated heterocycles. The largest absolute Gasteiger partial charge is 0.495 e. The van der Waals surface area contributed by atoms with Crippen LogP contribution in [0.4, 0.5) is 15.8 Å². The number of nitrogens with one attached hydrogen (secondary N) is 1. The van der Waals surface area contributed by atoms with Crippen LogP contribution in [0.5, 0.6) is 5.75 Å². The number of hydrogen-bond donors (Lipinski definition) is 1. The fourth-order valence-electron chi connectivity index (χ4n) is 4.02. The van der Waals surface area contributed by atoms with Gasteiger partial charge < -0.3 is 10.1 Å². The minimum Gasteiger partial charge on any atom is -0.495 e. The first-order valence-corrected chi connectivity index (χ1v) is 8.14. The molecule has 0 amide bonds. The highest BCUT2D eigenvalue weighted by atomic mass is 19.1. The summed E-state index contributed by atoms with van der Waals surface area (Å²) in [7, 11) is 1.54. The lowest BCUT2D eigenvalue weighted by atomic mass is 9.76. The topological polar surface area (TPSA) is 64.4 Å². The number of rotatable bonds is 3. The molecule has 0 fully saturated rings. The summed E-state index contributed by atoms with van der Waals surface area (Å²) < 4.78 is 19.1. The molecule has 25 heavy (non-hydrogen) atoms. The van der Waals surface area contributed by atoms with Crippen molar-refractivity contribution in [1.29, 1.82) is 0 Å². The SMILES string of the molecule is COc1ccc([N+](=O)[O-])c2c1N[C@H](c1cccc(F)c1)[C@@H]1CC=C[C@H]21. The molecule has 0 radical (unpaired) electrons. The van der Waals surface area contributed by atoms with E-state index < -0.39 is 0 Å². The van der Waals surface area contributed by atoms with E-state index in [9.17, 15) is 14.5 Å². The molecule has 1 heterocycles. The predicted octanol–water partition coefficient (Wildman–Crippen LogP) is 4.57. The predicted molar refractivity (Wildman–Crippen MR) is 92.4 cm³/mol. The fourth-order valence-corrected chi connectivity index (χ4v) is 4.02. The summed E-state index contributed by atoms with van der Waals surface area (Å²) in [6.45, 7) is 0. The van der Waals surface area contributed by atoms with Crippen LogP contribution in [0.2, 0.25) is 0 Å². The number of benzene rings is 2. The van der Waals surface area contributed by atoms with Gasteiger partial charge in [0.25, 0.3) is 5.69 Å². The maximum atomic E-state index is 13.7. The number of nitrogens with zero attached hydrogens (tertiary/aromatic N) is 1. The summed E-state index contributed by atoms with van der Waals surface area (Å²) in [6.07, 6.45) is 4.84. The zero-order chi connectivity index (χ0) is 17.6. The van der Waals surface area contributed by atoms with Gasteiger partial charge in [-0.25, -0.2) is 4.39 Å². The zero-order valence-electron chi connectivity index (χ0n) is 13.6. The van der Waals surface area contributed by atoms with Crippen LogP contribution in [-0.2, 0) is 0 Å². The number of anilines is 1. The smallest absolute Gasteiger partial charge is 0.275 e. The third-order valence-electron chi connectivity index (χ3n) is 5.08. The standard InChI is InChI=1S/C19H17FN2O3/c1-25-16-9-8-15(22(23)24)17-13-6-3-7-14(13)18(21-19(16)17)11-4-2-5-12(20)10-11/h2-6,8-10,13-14,18,21H,7H2,1H3/t13-,14+,18+/m0/s1. The molecule has 2 aromatic rings. The lowest BCUT2D eigenvalue weighted by Gasteiger charge is -2.37. The van der Waals surface area contributed by atoms with Gasteiger partial charge in [0, 0.05) is 12.0 Å². The number of ether oxygens (including phenoxy) is 1. The van der Waals surface area contributed by atoms with Gasteiger partial charge in [0.1, 0.15) is 11.6 Å². The van der Waals surface area contributed by atoms with Crippen molar-refractivity contribution in [3.8, 4) is 5.75 Å². The van der Waals surface area contributed by atoms with Crippen LogP contribution in [0.15, 0.2) is 48.6 Å². The monoisotopic (exact) mass is 340 g/mol. The maximum absolute atomic E-state index is 13.7.